The summed E-state index contributed by atoms with van der Waals surface area (Å²) in [7, 11) is 0. The highest BCUT2D eigenvalue weighted by molar-refractivity contribution is 5.90. The van der Waals surface area contributed by atoms with E-state index in [1.807, 2.05) is 0 Å². The molecule has 0 bridgehead atoms. The van der Waals surface area contributed by atoms with Crippen molar-refractivity contribution in [3.05, 3.63) is 12.2 Å². The Bertz CT molecular complexity index is 301. The second-order valence-electron chi connectivity index (χ2n) is 3.27. The number of carbonyl (C=O) groups excluding carboxylic acids is 1. The van der Waals surface area contributed by atoms with Crippen molar-refractivity contribution in [2.75, 3.05) is 0 Å². The van der Waals surface area contributed by atoms with Gasteiger partial charge in [-0.25, -0.2) is 9.67 Å². The van der Waals surface area contributed by atoms with Crippen molar-refractivity contribution >= 4 is 5.78 Å². The number of ketones is 1. The molecule has 0 saturated heterocycles. The summed E-state index contributed by atoms with van der Waals surface area (Å²) in [6.45, 7) is 2.38. The summed E-state index contributed by atoms with van der Waals surface area (Å²) in [6, 6.07) is 0. The molecule has 0 aliphatic heterocycles. The molecule has 12 heavy (non-hydrogen) atoms. The molecule has 0 spiro atoms. The van der Waals surface area contributed by atoms with Crippen molar-refractivity contribution in [1.82, 2.24) is 14.8 Å². The van der Waals surface area contributed by atoms with Gasteiger partial charge in [-0.15, -0.1) is 0 Å². The minimum atomic E-state index is -0.00634. The molecule has 4 nitrogen and oxygen atoms in total. The molecule has 4 heteroatoms. The molecule has 1 aromatic heterocycles. The van der Waals surface area contributed by atoms with E-state index in [0.717, 1.165) is 12.5 Å². The van der Waals surface area contributed by atoms with Crippen molar-refractivity contribution in [3.8, 4) is 0 Å². The zero-order valence-corrected chi connectivity index (χ0v) is 7.03. The Kier molecular flexibility index (Phi) is 1.67. The highest BCUT2D eigenvalue weighted by Crippen LogP contribution is 2.30. The fourth-order valence-corrected chi connectivity index (χ4v) is 1.22. The van der Waals surface area contributed by atoms with Crippen LogP contribution in [-0.2, 0) is 6.54 Å². The van der Waals surface area contributed by atoms with Crippen LogP contribution in [0.2, 0.25) is 0 Å². The molecule has 0 radical (unpaired) electrons. The summed E-state index contributed by atoms with van der Waals surface area (Å²) >= 11 is 0. The van der Waals surface area contributed by atoms with Crippen LogP contribution in [0.1, 0.15) is 30.4 Å². The van der Waals surface area contributed by atoms with Crippen LogP contribution in [0.5, 0.6) is 0 Å². The van der Waals surface area contributed by atoms with Gasteiger partial charge in [-0.05, 0) is 18.8 Å². The molecular formula is C8H11N3O. The van der Waals surface area contributed by atoms with Crippen LogP contribution in [0.25, 0.3) is 0 Å². The first-order valence-electron chi connectivity index (χ1n) is 4.16. The van der Waals surface area contributed by atoms with Crippen molar-refractivity contribution < 1.29 is 4.79 Å². The summed E-state index contributed by atoms with van der Waals surface area (Å²) in [4.78, 5) is 14.9. The molecule has 1 aliphatic rings. The molecule has 1 aromatic rings. The molecule has 0 N–H and O–H groups in total. The summed E-state index contributed by atoms with van der Waals surface area (Å²) in [5.41, 5.74) is 0. The minimum absolute atomic E-state index is 0.00634. The molecule has 64 valence electrons. The van der Waals surface area contributed by atoms with Crippen LogP contribution >= 0.6 is 0 Å². The monoisotopic (exact) mass is 165 g/mol. The second kappa shape index (κ2) is 2.69. The van der Waals surface area contributed by atoms with Crippen molar-refractivity contribution in [3.63, 3.8) is 0 Å². The maximum atomic E-state index is 11.0. The first-order valence-corrected chi connectivity index (χ1v) is 4.16. The molecule has 0 aromatic carbocycles. The second-order valence-corrected chi connectivity index (χ2v) is 3.27. The van der Waals surface area contributed by atoms with Gasteiger partial charge in [0, 0.05) is 13.5 Å². The van der Waals surface area contributed by atoms with Gasteiger partial charge in [0.1, 0.15) is 6.33 Å². The molecule has 1 saturated carbocycles. The zero-order chi connectivity index (χ0) is 8.55. The number of aromatic nitrogens is 3. The number of Topliss-reactive ketones (excluding diaryl/α,β-unsaturated/α-hetero) is 1. The fraction of sp³-hybridized carbons (Fsp3) is 0.625. The molecule has 1 fully saturated rings. The molecular weight excluding hydrogens is 154 g/mol. The molecule has 2 rings (SSSR count). The normalized spacial score (nSPS) is 16.4. The minimum Gasteiger partial charge on any atom is -0.291 e. The van der Waals surface area contributed by atoms with E-state index >= 15 is 0 Å². The van der Waals surface area contributed by atoms with Gasteiger partial charge < -0.3 is 0 Å². The summed E-state index contributed by atoms with van der Waals surface area (Å²) in [5.74, 6) is 1.21. The van der Waals surface area contributed by atoms with Gasteiger partial charge in [0.2, 0.25) is 0 Å². The summed E-state index contributed by atoms with van der Waals surface area (Å²) < 4.78 is 1.71. The first-order chi connectivity index (χ1) is 5.77. The van der Waals surface area contributed by atoms with E-state index in [0.29, 0.717) is 5.82 Å². The van der Waals surface area contributed by atoms with Crippen LogP contribution in [-0.4, -0.2) is 20.5 Å². The summed E-state index contributed by atoms with van der Waals surface area (Å²) in [6.07, 6.45) is 3.97. The van der Waals surface area contributed by atoms with Gasteiger partial charge in [-0.3, -0.25) is 4.79 Å². The summed E-state index contributed by atoms with van der Waals surface area (Å²) in [5, 5.41) is 4.00. The maximum Gasteiger partial charge on any atom is 0.196 e. The molecule has 0 unspecified atom stereocenters. The smallest absolute Gasteiger partial charge is 0.196 e. The lowest BCUT2D eigenvalue weighted by Crippen LogP contribution is -2.10. The van der Waals surface area contributed by atoms with E-state index in [-0.39, 0.29) is 5.78 Å². The van der Waals surface area contributed by atoms with Crippen molar-refractivity contribution in [1.29, 1.82) is 0 Å². The fourth-order valence-electron chi connectivity index (χ4n) is 1.22. The third-order valence-corrected chi connectivity index (χ3v) is 2.06. The Morgan fingerprint density at radius 1 is 1.75 bits per heavy atom. The van der Waals surface area contributed by atoms with E-state index in [2.05, 4.69) is 10.1 Å². The van der Waals surface area contributed by atoms with Crippen LogP contribution in [0.15, 0.2) is 6.33 Å². The lowest BCUT2D eigenvalue weighted by Gasteiger charge is -2.00. The number of hydrogen-bond donors (Lipinski definition) is 0. The van der Waals surface area contributed by atoms with E-state index in [9.17, 15) is 4.79 Å². The third kappa shape index (κ3) is 1.37. The van der Waals surface area contributed by atoms with Crippen LogP contribution in [0.3, 0.4) is 0 Å². The number of carbonyl (C=O) groups is 1. The van der Waals surface area contributed by atoms with Gasteiger partial charge >= 0.3 is 0 Å². The van der Waals surface area contributed by atoms with Gasteiger partial charge in [0.15, 0.2) is 11.6 Å². The van der Waals surface area contributed by atoms with Gasteiger partial charge in [-0.1, -0.05) is 0 Å². The average Bonchev–Trinajstić information content (AvgIpc) is 2.66. The van der Waals surface area contributed by atoms with Gasteiger partial charge in [-0.2, -0.15) is 5.10 Å². The van der Waals surface area contributed by atoms with Gasteiger partial charge in [0.05, 0.1) is 0 Å². The lowest BCUT2D eigenvalue weighted by molar-refractivity contribution is 0.0997. The Labute approximate surface area is 70.6 Å². The highest BCUT2D eigenvalue weighted by atomic mass is 16.1. The number of rotatable bonds is 3. The molecule has 0 atom stereocenters. The Morgan fingerprint density at radius 2 is 2.50 bits per heavy atom. The predicted octanol–water partition coefficient (Wildman–Crippen LogP) is 0.891. The average molecular weight is 165 g/mol. The SMILES string of the molecule is CC(=O)c1ncnn1CC1CC1. The molecule has 0 amide bonds. The Balaban J connectivity index is 2.17. The quantitative estimate of drug-likeness (QED) is 0.625. The molecule has 1 aliphatic carbocycles. The Hall–Kier alpha value is -1.19. The largest absolute Gasteiger partial charge is 0.291 e. The van der Waals surface area contributed by atoms with Crippen LogP contribution in [0.4, 0.5) is 0 Å². The molecule has 1 heterocycles. The first kappa shape index (κ1) is 7.46. The van der Waals surface area contributed by atoms with E-state index in [1.165, 1.54) is 26.1 Å². The van der Waals surface area contributed by atoms with Crippen LogP contribution in [0, 0.1) is 5.92 Å². The number of nitrogens with zero attached hydrogens (tertiary/aromatic N) is 3. The topological polar surface area (TPSA) is 47.8 Å². The zero-order valence-electron chi connectivity index (χ0n) is 7.03. The van der Waals surface area contributed by atoms with Crippen molar-refractivity contribution in [2.24, 2.45) is 5.92 Å². The van der Waals surface area contributed by atoms with E-state index in [1.54, 1.807) is 4.68 Å². The lowest BCUT2D eigenvalue weighted by atomic mass is 10.4. The third-order valence-electron chi connectivity index (χ3n) is 2.06. The van der Waals surface area contributed by atoms with E-state index < -0.39 is 0 Å². The standard InChI is InChI=1S/C8H11N3O/c1-6(12)8-9-5-10-11(8)4-7-2-3-7/h5,7H,2-4H2,1H3. The highest BCUT2D eigenvalue weighted by Gasteiger charge is 2.23. The number of hydrogen-bond acceptors (Lipinski definition) is 3. The predicted molar refractivity (Wildman–Crippen MR) is 42.8 cm³/mol. The van der Waals surface area contributed by atoms with E-state index in [4.69, 9.17) is 0 Å². The maximum absolute atomic E-state index is 11.0. The van der Waals surface area contributed by atoms with Gasteiger partial charge in [0.25, 0.3) is 0 Å². The Morgan fingerprint density at radius 3 is 3.08 bits per heavy atom. The van der Waals surface area contributed by atoms with Crippen molar-refractivity contribution in [2.45, 2.75) is 26.3 Å². The van der Waals surface area contributed by atoms with Crippen LogP contribution < -0.4 is 0 Å².